The van der Waals surface area contributed by atoms with Crippen molar-refractivity contribution < 1.29 is 4.74 Å². The number of nitrogens with zero attached hydrogens (tertiary/aromatic N) is 1. The number of hydrogen-bond donors (Lipinski definition) is 1. The van der Waals surface area contributed by atoms with E-state index in [4.69, 9.17) is 4.74 Å². The Hall–Kier alpha value is -0.120. The van der Waals surface area contributed by atoms with Gasteiger partial charge in [-0.05, 0) is 13.0 Å². The minimum Gasteiger partial charge on any atom is -0.379 e. The van der Waals surface area contributed by atoms with Crippen molar-refractivity contribution in [1.29, 1.82) is 0 Å². The van der Waals surface area contributed by atoms with Crippen LogP contribution in [-0.2, 0) is 4.74 Å². The predicted octanol–water partition coefficient (Wildman–Crippen LogP) is -0.362. The molecule has 10 heavy (non-hydrogen) atoms. The number of ether oxygens (including phenoxy) is 1. The molecule has 0 aromatic carbocycles. The van der Waals surface area contributed by atoms with Gasteiger partial charge in [-0.25, -0.2) is 0 Å². The average Bonchev–Trinajstić information content (AvgIpc) is 1.86. The van der Waals surface area contributed by atoms with Crippen LogP contribution in [0.4, 0.5) is 0 Å². The minimum atomic E-state index is 0.670. The van der Waals surface area contributed by atoms with Gasteiger partial charge in [0.2, 0.25) is 0 Å². The molecule has 0 spiro atoms. The molecule has 2 saturated heterocycles. The van der Waals surface area contributed by atoms with E-state index in [1.165, 1.54) is 13.0 Å². The van der Waals surface area contributed by atoms with Crippen molar-refractivity contribution in [3.05, 3.63) is 0 Å². The minimum absolute atomic E-state index is 0.670. The van der Waals surface area contributed by atoms with Crippen molar-refractivity contribution in [3.8, 4) is 0 Å². The van der Waals surface area contributed by atoms with Crippen LogP contribution in [0.5, 0.6) is 0 Å². The number of hydrogen-bond acceptors (Lipinski definition) is 3. The van der Waals surface area contributed by atoms with Gasteiger partial charge in [-0.2, -0.15) is 0 Å². The zero-order valence-electron chi connectivity index (χ0n) is 6.18. The Morgan fingerprint density at radius 1 is 1.30 bits per heavy atom. The molecule has 2 aliphatic rings. The second-order valence-corrected chi connectivity index (χ2v) is 2.91. The summed E-state index contributed by atoms with van der Waals surface area (Å²) >= 11 is 0. The maximum atomic E-state index is 5.25. The second-order valence-electron chi connectivity index (χ2n) is 2.91. The molecule has 0 aromatic heterocycles. The lowest BCUT2D eigenvalue weighted by atomic mass is 10.2. The van der Waals surface area contributed by atoms with E-state index in [9.17, 15) is 0 Å². The fourth-order valence-electron chi connectivity index (χ4n) is 1.47. The van der Waals surface area contributed by atoms with Gasteiger partial charge in [0.1, 0.15) is 0 Å². The molecule has 58 valence electrons. The van der Waals surface area contributed by atoms with E-state index >= 15 is 0 Å². The van der Waals surface area contributed by atoms with Crippen molar-refractivity contribution in [1.82, 2.24) is 10.2 Å². The third-order valence-electron chi connectivity index (χ3n) is 2.28. The Morgan fingerprint density at radius 3 is 2.50 bits per heavy atom. The molecule has 2 rings (SSSR count). The summed E-state index contributed by atoms with van der Waals surface area (Å²) in [5, 5.41) is 3.39. The van der Waals surface area contributed by atoms with Gasteiger partial charge in [0.15, 0.2) is 0 Å². The van der Waals surface area contributed by atoms with Crippen LogP contribution in [0.2, 0.25) is 0 Å². The van der Waals surface area contributed by atoms with Gasteiger partial charge in [0.25, 0.3) is 0 Å². The first-order chi connectivity index (χ1) is 4.97. The maximum Gasteiger partial charge on any atom is 0.0611 e. The Bertz CT molecular complexity index is 108. The fourth-order valence-corrected chi connectivity index (χ4v) is 1.47. The molecule has 0 saturated carbocycles. The Labute approximate surface area is 61.3 Å². The molecule has 1 N–H and O–H groups in total. The summed E-state index contributed by atoms with van der Waals surface area (Å²) in [6, 6.07) is 0. The molecule has 2 aliphatic heterocycles. The van der Waals surface area contributed by atoms with E-state index in [0.717, 1.165) is 26.3 Å². The average molecular weight is 142 g/mol. The molecule has 0 bridgehead atoms. The first-order valence-corrected chi connectivity index (χ1v) is 4.02. The third kappa shape index (κ3) is 1.17. The van der Waals surface area contributed by atoms with E-state index in [1.54, 1.807) is 0 Å². The summed E-state index contributed by atoms with van der Waals surface area (Å²) in [5.74, 6) is 0. The summed E-state index contributed by atoms with van der Waals surface area (Å²) < 4.78 is 5.25. The van der Waals surface area contributed by atoms with Crippen molar-refractivity contribution in [3.63, 3.8) is 0 Å². The number of rotatable bonds is 1. The Kier molecular flexibility index (Phi) is 1.88. The van der Waals surface area contributed by atoms with Gasteiger partial charge in [0.05, 0.1) is 19.4 Å². The van der Waals surface area contributed by atoms with Crippen LogP contribution in [0.1, 0.15) is 6.42 Å². The van der Waals surface area contributed by atoms with Crippen molar-refractivity contribution in [2.45, 2.75) is 12.6 Å². The first-order valence-electron chi connectivity index (χ1n) is 4.02. The molecule has 2 heterocycles. The summed E-state index contributed by atoms with van der Waals surface area (Å²) in [5.41, 5.74) is 0. The van der Waals surface area contributed by atoms with Gasteiger partial charge < -0.3 is 10.1 Å². The molecule has 0 aromatic rings. The predicted molar refractivity (Wildman–Crippen MR) is 38.8 cm³/mol. The molecule has 3 heteroatoms. The maximum absolute atomic E-state index is 5.25. The van der Waals surface area contributed by atoms with E-state index < -0.39 is 0 Å². The van der Waals surface area contributed by atoms with Gasteiger partial charge in [-0.3, -0.25) is 4.90 Å². The summed E-state index contributed by atoms with van der Waals surface area (Å²) in [4.78, 5) is 2.47. The smallest absolute Gasteiger partial charge is 0.0611 e. The highest BCUT2D eigenvalue weighted by Gasteiger charge is 2.24. The van der Waals surface area contributed by atoms with Crippen LogP contribution < -0.4 is 5.32 Å². The van der Waals surface area contributed by atoms with Crippen molar-refractivity contribution in [2.24, 2.45) is 0 Å². The van der Waals surface area contributed by atoms with Crippen LogP contribution in [0.15, 0.2) is 0 Å². The topological polar surface area (TPSA) is 24.5 Å². The van der Waals surface area contributed by atoms with Gasteiger partial charge in [-0.1, -0.05) is 0 Å². The highest BCUT2D eigenvalue weighted by Crippen LogP contribution is 2.09. The molecule has 0 amide bonds. The third-order valence-corrected chi connectivity index (χ3v) is 2.28. The zero-order chi connectivity index (χ0) is 6.81. The Balaban J connectivity index is 1.78. The van der Waals surface area contributed by atoms with E-state index in [-0.39, 0.29) is 0 Å². The Morgan fingerprint density at radius 2 is 2.00 bits per heavy atom. The fraction of sp³-hybridized carbons (Fsp3) is 1.00. The molecule has 0 radical (unpaired) electrons. The molecule has 1 unspecified atom stereocenters. The van der Waals surface area contributed by atoms with Crippen molar-refractivity contribution in [2.75, 3.05) is 32.8 Å². The summed E-state index contributed by atoms with van der Waals surface area (Å²) in [6.07, 6.45) is 1.99. The quantitative estimate of drug-likeness (QED) is 0.541. The lowest BCUT2D eigenvalue weighted by Gasteiger charge is -2.40. The monoisotopic (exact) mass is 142 g/mol. The first kappa shape index (κ1) is 6.58. The standard InChI is InChI=1S/C7H14N2O/c1-2-8-7(1)9-3-5-10-6-4-9/h7-8H,1-6H2. The highest BCUT2D eigenvalue weighted by molar-refractivity contribution is 4.79. The van der Waals surface area contributed by atoms with Crippen LogP contribution in [0.3, 0.4) is 0 Å². The normalized spacial score (nSPS) is 35.4. The number of morpholine rings is 1. The van der Waals surface area contributed by atoms with E-state index in [2.05, 4.69) is 10.2 Å². The van der Waals surface area contributed by atoms with E-state index in [0.29, 0.717) is 6.17 Å². The van der Waals surface area contributed by atoms with Gasteiger partial charge >= 0.3 is 0 Å². The van der Waals surface area contributed by atoms with Crippen LogP contribution in [0.25, 0.3) is 0 Å². The lowest BCUT2D eigenvalue weighted by molar-refractivity contribution is -0.00832. The molecule has 1 atom stereocenters. The van der Waals surface area contributed by atoms with Crippen LogP contribution in [-0.4, -0.2) is 43.9 Å². The lowest BCUT2D eigenvalue weighted by Crippen LogP contribution is -2.57. The second kappa shape index (κ2) is 2.86. The summed E-state index contributed by atoms with van der Waals surface area (Å²) in [6.45, 7) is 5.24. The highest BCUT2D eigenvalue weighted by atomic mass is 16.5. The number of nitrogens with one attached hydrogen (secondary N) is 1. The molecule has 3 nitrogen and oxygen atoms in total. The van der Waals surface area contributed by atoms with E-state index in [1.807, 2.05) is 0 Å². The molecule has 0 aliphatic carbocycles. The molecular weight excluding hydrogens is 128 g/mol. The SMILES string of the molecule is C1CC(N2CCOCC2)N1. The van der Waals surface area contributed by atoms with Crippen LogP contribution >= 0.6 is 0 Å². The van der Waals surface area contributed by atoms with Crippen LogP contribution in [0, 0.1) is 0 Å². The largest absolute Gasteiger partial charge is 0.379 e. The van der Waals surface area contributed by atoms with Gasteiger partial charge in [-0.15, -0.1) is 0 Å². The molecule has 2 fully saturated rings. The van der Waals surface area contributed by atoms with Gasteiger partial charge in [0, 0.05) is 13.1 Å². The van der Waals surface area contributed by atoms with Crippen molar-refractivity contribution >= 4 is 0 Å². The molecular formula is C7H14N2O. The summed E-state index contributed by atoms with van der Waals surface area (Å²) in [7, 11) is 0. The zero-order valence-corrected chi connectivity index (χ0v) is 6.18.